The first kappa shape index (κ1) is 17.9. The predicted molar refractivity (Wildman–Crippen MR) is 106 cm³/mol. The molecule has 0 aliphatic heterocycles. The molecule has 0 saturated carbocycles. The largest absolute Gasteiger partial charge is 0.366 e. The minimum Gasteiger partial charge on any atom is -0.366 e. The average Bonchev–Trinajstić information content (AvgIpc) is 2.65. The molecule has 5 nitrogen and oxygen atoms in total. The van der Waals surface area contributed by atoms with Crippen molar-refractivity contribution in [2.45, 2.75) is 39.9 Å². The first-order valence-corrected chi connectivity index (χ1v) is 8.91. The number of aromatic nitrogens is 3. The molecule has 0 bridgehead atoms. The van der Waals surface area contributed by atoms with Gasteiger partial charge in [-0.1, -0.05) is 36.4 Å². The Morgan fingerprint density at radius 3 is 2.46 bits per heavy atom. The summed E-state index contributed by atoms with van der Waals surface area (Å²) in [5, 5.41) is 3.38. The van der Waals surface area contributed by atoms with Gasteiger partial charge in [-0.25, -0.2) is 4.98 Å². The summed E-state index contributed by atoms with van der Waals surface area (Å²) in [5.41, 5.74) is 3.31. The number of aryl methyl sites for hydroxylation is 1. The Bertz CT molecular complexity index is 818. The summed E-state index contributed by atoms with van der Waals surface area (Å²) in [7, 11) is 0. The van der Waals surface area contributed by atoms with Crippen LogP contribution in [0.2, 0.25) is 0 Å². The van der Waals surface area contributed by atoms with Gasteiger partial charge in [0.05, 0.1) is 0 Å². The van der Waals surface area contributed by atoms with Crippen LogP contribution in [0.5, 0.6) is 0 Å². The van der Waals surface area contributed by atoms with Crippen LogP contribution in [0, 0.1) is 6.92 Å². The summed E-state index contributed by atoms with van der Waals surface area (Å²) < 4.78 is 0. The van der Waals surface area contributed by atoms with E-state index in [0.29, 0.717) is 12.6 Å². The first-order chi connectivity index (χ1) is 12.6. The quantitative estimate of drug-likeness (QED) is 0.694. The van der Waals surface area contributed by atoms with E-state index in [4.69, 9.17) is 4.98 Å². The molecule has 134 valence electrons. The summed E-state index contributed by atoms with van der Waals surface area (Å²) in [6.45, 7) is 7.80. The molecule has 0 aliphatic carbocycles. The van der Waals surface area contributed by atoms with E-state index in [9.17, 15) is 0 Å². The van der Waals surface area contributed by atoms with Crippen LogP contribution < -0.4 is 10.2 Å². The number of anilines is 2. The van der Waals surface area contributed by atoms with Crippen LogP contribution in [-0.2, 0) is 13.1 Å². The fraction of sp³-hybridized carbons (Fsp3) is 0.286. The topological polar surface area (TPSA) is 53.9 Å². The van der Waals surface area contributed by atoms with Crippen LogP contribution in [0.25, 0.3) is 0 Å². The van der Waals surface area contributed by atoms with Gasteiger partial charge in [-0.05, 0) is 38.0 Å². The lowest BCUT2D eigenvalue weighted by Crippen LogP contribution is -2.32. The second kappa shape index (κ2) is 8.43. The Labute approximate surface area is 155 Å². The maximum Gasteiger partial charge on any atom is 0.228 e. The Morgan fingerprint density at radius 2 is 1.77 bits per heavy atom. The van der Waals surface area contributed by atoms with Crippen LogP contribution in [0.4, 0.5) is 11.8 Å². The molecule has 2 aromatic heterocycles. The number of hydrogen-bond acceptors (Lipinski definition) is 5. The van der Waals surface area contributed by atoms with E-state index in [1.54, 1.807) is 6.20 Å². The van der Waals surface area contributed by atoms with Crippen LogP contribution in [-0.4, -0.2) is 21.0 Å². The van der Waals surface area contributed by atoms with Crippen LogP contribution in [0.1, 0.15) is 30.7 Å². The first-order valence-electron chi connectivity index (χ1n) is 8.91. The molecule has 0 spiro atoms. The van der Waals surface area contributed by atoms with Crippen LogP contribution in [0.15, 0.2) is 60.9 Å². The predicted octanol–water partition coefficient (Wildman–Crippen LogP) is 4.21. The molecule has 0 aliphatic rings. The molecule has 0 atom stereocenters. The van der Waals surface area contributed by atoms with Crippen molar-refractivity contribution in [1.82, 2.24) is 15.0 Å². The molecule has 0 fully saturated rings. The van der Waals surface area contributed by atoms with Crippen molar-refractivity contribution in [2.24, 2.45) is 0 Å². The molecule has 0 radical (unpaired) electrons. The average molecular weight is 347 g/mol. The fourth-order valence-corrected chi connectivity index (χ4v) is 2.73. The molecular weight excluding hydrogens is 322 g/mol. The van der Waals surface area contributed by atoms with E-state index in [2.05, 4.69) is 58.3 Å². The monoisotopic (exact) mass is 347 g/mol. The van der Waals surface area contributed by atoms with Gasteiger partial charge in [0.25, 0.3) is 0 Å². The minimum atomic E-state index is 0.295. The Balaban J connectivity index is 1.80. The number of benzene rings is 1. The number of rotatable bonds is 7. The standard InChI is InChI=1S/C21H25N5/c1-16(2)26(15-18-8-5-4-6-9-18)21-24-17(3)12-20(25-21)23-14-19-10-7-11-22-13-19/h4-13,16H,14-15H2,1-3H3,(H,23,24,25). The summed E-state index contributed by atoms with van der Waals surface area (Å²) in [6.07, 6.45) is 3.64. The van der Waals surface area contributed by atoms with Crippen LogP contribution in [0.3, 0.4) is 0 Å². The van der Waals surface area contributed by atoms with Crippen molar-refractivity contribution in [3.8, 4) is 0 Å². The Morgan fingerprint density at radius 1 is 1.00 bits per heavy atom. The van der Waals surface area contributed by atoms with Crippen molar-refractivity contribution in [3.63, 3.8) is 0 Å². The smallest absolute Gasteiger partial charge is 0.228 e. The van der Waals surface area contributed by atoms with Gasteiger partial charge in [-0.2, -0.15) is 4.98 Å². The normalized spacial score (nSPS) is 10.8. The Hall–Kier alpha value is -2.95. The Kier molecular flexibility index (Phi) is 5.79. The maximum absolute atomic E-state index is 4.75. The van der Waals surface area contributed by atoms with Crippen LogP contribution >= 0.6 is 0 Å². The van der Waals surface area contributed by atoms with Gasteiger partial charge in [0.2, 0.25) is 5.95 Å². The highest BCUT2D eigenvalue weighted by molar-refractivity contribution is 5.45. The summed E-state index contributed by atoms with van der Waals surface area (Å²) in [5.74, 6) is 1.58. The van der Waals surface area contributed by atoms with Gasteiger partial charge >= 0.3 is 0 Å². The lowest BCUT2D eigenvalue weighted by molar-refractivity contribution is 0.659. The summed E-state index contributed by atoms with van der Waals surface area (Å²) in [6, 6.07) is 16.7. The molecule has 1 aromatic carbocycles. The van der Waals surface area contributed by atoms with Crippen molar-refractivity contribution < 1.29 is 0 Å². The molecular formula is C21H25N5. The van der Waals surface area contributed by atoms with E-state index in [1.165, 1.54) is 5.56 Å². The van der Waals surface area contributed by atoms with E-state index < -0.39 is 0 Å². The molecule has 0 saturated heterocycles. The van der Waals surface area contributed by atoms with Gasteiger partial charge in [-0.3, -0.25) is 4.98 Å². The van der Waals surface area contributed by atoms with E-state index in [-0.39, 0.29) is 0 Å². The van der Waals surface area contributed by atoms with Crippen molar-refractivity contribution in [2.75, 3.05) is 10.2 Å². The molecule has 5 heteroatoms. The summed E-state index contributed by atoms with van der Waals surface area (Å²) in [4.78, 5) is 15.8. The number of pyridine rings is 1. The molecule has 1 N–H and O–H groups in total. The van der Waals surface area contributed by atoms with Crippen molar-refractivity contribution in [1.29, 1.82) is 0 Å². The van der Waals surface area contributed by atoms with Gasteiger partial charge in [-0.15, -0.1) is 0 Å². The van der Waals surface area contributed by atoms with Gasteiger partial charge in [0.15, 0.2) is 0 Å². The molecule has 0 amide bonds. The SMILES string of the molecule is Cc1cc(NCc2cccnc2)nc(N(Cc2ccccc2)C(C)C)n1. The lowest BCUT2D eigenvalue weighted by atomic mass is 10.2. The molecule has 3 rings (SSSR count). The fourth-order valence-electron chi connectivity index (χ4n) is 2.73. The third kappa shape index (κ3) is 4.79. The molecule has 3 aromatic rings. The van der Waals surface area contributed by atoms with E-state index in [1.807, 2.05) is 37.4 Å². The third-order valence-corrected chi connectivity index (χ3v) is 4.11. The van der Waals surface area contributed by atoms with E-state index in [0.717, 1.165) is 29.6 Å². The summed E-state index contributed by atoms with van der Waals surface area (Å²) >= 11 is 0. The van der Waals surface area contributed by atoms with E-state index >= 15 is 0 Å². The van der Waals surface area contributed by atoms with Crippen molar-refractivity contribution in [3.05, 3.63) is 77.7 Å². The van der Waals surface area contributed by atoms with Gasteiger partial charge < -0.3 is 10.2 Å². The molecule has 0 unspecified atom stereocenters. The highest BCUT2D eigenvalue weighted by Gasteiger charge is 2.15. The number of nitrogens with one attached hydrogen (secondary N) is 1. The highest BCUT2D eigenvalue weighted by atomic mass is 15.3. The molecule has 2 heterocycles. The van der Waals surface area contributed by atoms with Crippen molar-refractivity contribution >= 4 is 11.8 Å². The zero-order valence-electron chi connectivity index (χ0n) is 15.6. The van der Waals surface area contributed by atoms with Gasteiger partial charge in [0, 0.05) is 43.3 Å². The van der Waals surface area contributed by atoms with Gasteiger partial charge in [0.1, 0.15) is 5.82 Å². The zero-order valence-corrected chi connectivity index (χ0v) is 15.6. The molecule has 26 heavy (non-hydrogen) atoms. The minimum absolute atomic E-state index is 0.295. The zero-order chi connectivity index (χ0) is 18.4. The maximum atomic E-state index is 4.75. The lowest BCUT2D eigenvalue weighted by Gasteiger charge is -2.27. The third-order valence-electron chi connectivity index (χ3n) is 4.11. The number of hydrogen-bond donors (Lipinski definition) is 1. The number of nitrogens with zero attached hydrogens (tertiary/aromatic N) is 4. The second-order valence-electron chi connectivity index (χ2n) is 6.62. The highest BCUT2D eigenvalue weighted by Crippen LogP contribution is 2.19. The second-order valence-corrected chi connectivity index (χ2v) is 6.62.